The van der Waals surface area contributed by atoms with Crippen molar-refractivity contribution in [1.82, 2.24) is 0 Å². The Labute approximate surface area is 127 Å². The number of amides is 1. The minimum Gasteiger partial charge on any atom is -0.371 e. The van der Waals surface area contributed by atoms with Gasteiger partial charge in [-0.05, 0) is 55.4 Å². The molecule has 2 saturated heterocycles. The number of carbonyl (C=O) groups excluding carboxylic acids is 1. The number of piperidine rings is 2. The van der Waals surface area contributed by atoms with Gasteiger partial charge in [0.25, 0.3) is 0 Å². The summed E-state index contributed by atoms with van der Waals surface area (Å²) in [7, 11) is 0. The average Bonchev–Trinajstić information content (AvgIpc) is 2.48. The molecule has 0 spiro atoms. The number of carbonyl (C=O) groups is 1. The van der Waals surface area contributed by atoms with E-state index in [2.05, 4.69) is 43.0 Å². The van der Waals surface area contributed by atoms with Crippen molar-refractivity contribution >= 4 is 17.3 Å². The van der Waals surface area contributed by atoms with Crippen molar-refractivity contribution in [3.8, 4) is 0 Å². The summed E-state index contributed by atoms with van der Waals surface area (Å²) in [6, 6.07) is 8.57. The van der Waals surface area contributed by atoms with Crippen LogP contribution in [0.1, 0.15) is 46.0 Å². The maximum absolute atomic E-state index is 12.0. The van der Waals surface area contributed by atoms with Crippen molar-refractivity contribution < 1.29 is 4.79 Å². The SMILES string of the molecule is CC1(C)CCN(c2ccc(N3CCCCC3=O)cc2)CC1. The average molecular weight is 286 g/mol. The van der Waals surface area contributed by atoms with Crippen LogP contribution in [0.3, 0.4) is 0 Å². The van der Waals surface area contributed by atoms with Gasteiger partial charge in [0.1, 0.15) is 0 Å². The molecule has 1 aromatic rings. The van der Waals surface area contributed by atoms with E-state index in [0.717, 1.165) is 38.2 Å². The van der Waals surface area contributed by atoms with Gasteiger partial charge < -0.3 is 9.80 Å². The summed E-state index contributed by atoms with van der Waals surface area (Å²) >= 11 is 0. The molecule has 0 unspecified atom stereocenters. The number of anilines is 2. The molecule has 0 aliphatic carbocycles. The topological polar surface area (TPSA) is 23.6 Å². The lowest BCUT2D eigenvalue weighted by molar-refractivity contribution is -0.119. The molecular weight excluding hydrogens is 260 g/mol. The second-order valence-corrected chi connectivity index (χ2v) is 7.17. The third-order valence-corrected chi connectivity index (χ3v) is 4.97. The molecule has 114 valence electrons. The normalized spacial score (nSPS) is 22.5. The molecule has 3 nitrogen and oxygen atoms in total. The Morgan fingerprint density at radius 2 is 1.52 bits per heavy atom. The van der Waals surface area contributed by atoms with Gasteiger partial charge in [0.05, 0.1) is 0 Å². The molecule has 0 aromatic heterocycles. The number of benzene rings is 1. The molecule has 0 saturated carbocycles. The Balaban J connectivity index is 1.68. The first-order chi connectivity index (χ1) is 10.1. The number of hydrogen-bond donors (Lipinski definition) is 0. The third-order valence-electron chi connectivity index (χ3n) is 4.97. The lowest BCUT2D eigenvalue weighted by Crippen LogP contribution is -2.37. The van der Waals surface area contributed by atoms with Crippen LogP contribution in [-0.4, -0.2) is 25.5 Å². The lowest BCUT2D eigenvalue weighted by Gasteiger charge is -2.38. The van der Waals surface area contributed by atoms with E-state index < -0.39 is 0 Å². The highest BCUT2D eigenvalue weighted by molar-refractivity contribution is 5.94. The van der Waals surface area contributed by atoms with E-state index in [1.807, 2.05) is 4.90 Å². The first-order valence-electron chi connectivity index (χ1n) is 8.21. The monoisotopic (exact) mass is 286 g/mol. The van der Waals surface area contributed by atoms with Gasteiger partial charge in [-0.25, -0.2) is 0 Å². The van der Waals surface area contributed by atoms with Gasteiger partial charge in [0.2, 0.25) is 5.91 Å². The lowest BCUT2D eigenvalue weighted by atomic mass is 9.82. The molecule has 0 radical (unpaired) electrons. The Morgan fingerprint density at radius 3 is 2.14 bits per heavy atom. The van der Waals surface area contributed by atoms with Gasteiger partial charge in [-0.1, -0.05) is 13.8 Å². The zero-order chi connectivity index (χ0) is 14.9. The molecule has 0 N–H and O–H groups in total. The van der Waals surface area contributed by atoms with Crippen molar-refractivity contribution in [2.75, 3.05) is 29.4 Å². The van der Waals surface area contributed by atoms with E-state index in [-0.39, 0.29) is 5.91 Å². The second-order valence-electron chi connectivity index (χ2n) is 7.17. The second kappa shape index (κ2) is 5.70. The summed E-state index contributed by atoms with van der Waals surface area (Å²) in [5, 5.41) is 0. The van der Waals surface area contributed by atoms with Crippen molar-refractivity contribution in [2.24, 2.45) is 5.41 Å². The van der Waals surface area contributed by atoms with Crippen LogP contribution in [0.2, 0.25) is 0 Å². The van der Waals surface area contributed by atoms with Gasteiger partial charge >= 0.3 is 0 Å². The molecule has 1 aromatic carbocycles. The maximum atomic E-state index is 12.0. The standard InChI is InChI=1S/C18H26N2O/c1-18(2)10-13-19(14-11-18)15-6-8-16(9-7-15)20-12-4-3-5-17(20)21/h6-9H,3-5,10-14H2,1-2H3. The van der Waals surface area contributed by atoms with Crippen LogP contribution in [0.25, 0.3) is 0 Å². The van der Waals surface area contributed by atoms with Crippen molar-refractivity contribution in [1.29, 1.82) is 0 Å². The Bertz CT molecular complexity index is 496. The minimum atomic E-state index is 0.272. The van der Waals surface area contributed by atoms with E-state index in [4.69, 9.17) is 0 Å². The van der Waals surface area contributed by atoms with Gasteiger partial charge in [-0.3, -0.25) is 4.79 Å². The number of hydrogen-bond acceptors (Lipinski definition) is 2. The van der Waals surface area contributed by atoms with E-state index in [1.165, 1.54) is 18.5 Å². The molecular formula is C18H26N2O. The molecule has 1 amide bonds. The molecule has 2 heterocycles. The predicted molar refractivity (Wildman–Crippen MR) is 87.9 cm³/mol. The van der Waals surface area contributed by atoms with Crippen LogP contribution in [0, 0.1) is 5.41 Å². The zero-order valence-electron chi connectivity index (χ0n) is 13.3. The Kier molecular flexibility index (Phi) is 3.92. The highest BCUT2D eigenvalue weighted by atomic mass is 16.2. The van der Waals surface area contributed by atoms with Crippen molar-refractivity contribution in [3.05, 3.63) is 24.3 Å². The Morgan fingerprint density at radius 1 is 0.905 bits per heavy atom. The summed E-state index contributed by atoms with van der Waals surface area (Å²) in [5.74, 6) is 0.272. The number of nitrogens with zero attached hydrogens (tertiary/aromatic N) is 2. The van der Waals surface area contributed by atoms with Crippen LogP contribution < -0.4 is 9.80 Å². The van der Waals surface area contributed by atoms with E-state index in [1.54, 1.807) is 0 Å². The first-order valence-corrected chi connectivity index (χ1v) is 8.21. The molecule has 0 atom stereocenters. The van der Waals surface area contributed by atoms with E-state index >= 15 is 0 Å². The summed E-state index contributed by atoms with van der Waals surface area (Å²) in [5.41, 5.74) is 2.83. The zero-order valence-corrected chi connectivity index (χ0v) is 13.3. The van der Waals surface area contributed by atoms with Gasteiger partial charge in [-0.15, -0.1) is 0 Å². The molecule has 21 heavy (non-hydrogen) atoms. The molecule has 2 fully saturated rings. The van der Waals surface area contributed by atoms with Crippen LogP contribution in [0.4, 0.5) is 11.4 Å². The van der Waals surface area contributed by atoms with Crippen molar-refractivity contribution in [3.63, 3.8) is 0 Å². The third kappa shape index (κ3) is 3.22. The van der Waals surface area contributed by atoms with Crippen LogP contribution in [0.5, 0.6) is 0 Å². The summed E-state index contributed by atoms with van der Waals surface area (Å²) < 4.78 is 0. The smallest absolute Gasteiger partial charge is 0.226 e. The van der Waals surface area contributed by atoms with Crippen molar-refractivity contribution in [2.45, 2.75) is 46.0 Å². The minimum absolute atomic E-state index is 0.272. The van der Waals surface area contributed by atoms with Crippen LogP contribution in [0.15, 0.2) is 24.3 Å². The summed E-state index contributed by atoms with van der Waals surface area (Å²) in [6.07, 6.45) is 5.35. The molecule has 2 aliphatic heterocycles. The summed E-state index contributed by atoms with van der Waals surface area (Å²) in [6.45, 7) is 7.85. The predicted octanol–water partition coefficient (Wildman–Crippen LogP) is 3.83. The Hall–Kier alpha value is -1.51. The van der Waals surface area contributed by atoms with E-state index in [9.17, 15) is 4.79 Å². The van der Waals surface area contributed by atoms with Crippen LogP contribution >= 0.6 is 0 Å². The van der Waals surface area contributed by atoms with Gasteiger partial charge in [0.15, 0.2) is 0 Å². The van der Waals surface area contributed by atoms with E-state index in [0.29, 0.717) is 11.8 Å². The quantitative estimate of drug-likeness (QED) is 0.825. The van der Waals surface area contributed by atoms with Crippen LogP contribution in [-0.2, 0) is 4.79 Å². The largest absolute Gasteiger partial charge is 0.371 e. The fourth-order valence-electron chi connectivity index (χ4n) is 3.29. The molecule has 3 heteroatoms. The first kappa shape index (κ1) is 14.4. The molecule has 2 aliphatic rings. The number of rotatable bonds is 2. The molecule has 0 bridgehead atoms. The fraction of sp³-hybridized carbons (Fsp3) is 0.611. The fourth-order valence-corrected chi connectivity index (χ4v) is 3.29. The highest BCUT2D eigenvalue weighted by Crippen LogP contribution is 2.33. The molecule has 3 rings (SSSR count). The van der Waals surface area contributed by atoms with Gasteiger partial charge in [-0.2, -0.15) is 0 Å². The highest BCUT2D eigenvalue weighted by Gasteiger charge is 2.25. The van der Waals surface area contributed by atoms with Gasteiger partial charge in [0, 0.05) is 37.4 Å². The summed E-state index contributed by atoms with van der Waals surface area (Å²) in [4.78, 5) is 16.4. The maximum Gasteiger partial charge on any atom is 0.226 e.